The van der Waals surface area contributed by atoms with E-state index in [1.807, 2.05) is 0 Å². The van der Waals surface area contributed by atoms with E-state index >= 15 is 0 Å². The summed E-state index contributed by atoms with van der Waals surface area (Å²) >= 11 is 0. The molecular formula is C28H43N3O7. The van der Waals surface area contributed by atoms with Gasteiger partial charge >= 0.3 is 12.1 Å². The van der Waals surface area contributed by atoms with Crippen LogP contribution in [0.1, 0.15) is 84.0 Å². The number of piperidine rings is 2. The van der Waals surface area contributed by atoms with E-state index in [9.17, 15) is 19.2 Å². The minimum Gasteiger partial charge on any atom is -0.431 e. The zero-order valence-electron chi connectivity index (χ0n) is 22.6. The quantitative estimate of drug-likeness (QED) is 0.250. The van der Waals surface area contributed by atoms with Crippen LogP contribution in [0, 0.1) is 24.2 Å². The van der Waals surface area contributed by atoms with Crippen LogP contribution in [-0.4, -0.2) is 73.5 Å². The first-order valence-corrected chi connectivity index (χ1v) is 14.2. The molecule has 0 radical (unpaired) electrons. The fourth-order valence-corrected chi connectivity index (χ4v) is 5.42. The van der Waals surface area contributed by atoms with Gasteiger partial charge in [0.1, 0.15) is 12.1 Å². The maximum absolute atomic E-state index is 12.9. The van der Waals surface area contributed by atoms with Crippen molar-refractivity contribution in [2.75, 3.05) is 26.2 Å². The van der Waals surface area contributed by atoms with Crippen molar-refractivity contribution in [3.63, 3.8) is 0 Å². The summed E-state index contributed by atoms with van der Waals surface area (Å²) in [6, 6.07) is -0.873. The Hall–Kier alpha value is -2.80. The second-order valence-corrected chi connectivity index (χ2v) is 10.6. The van der Waals surface area contributed by atoms with Gasteiger partial charge in [0.25, 0.3) is 0 Å². The van der Waals surface area contributed by atoms with Gasteiger partial charge in [-0.15, -0.1) is 6.42 Å². The van der Waals surface area contributed by atoms with Crippen molar-refractivity contribution in [2.24, 2.45) is 11.8 Å². The first-order valence-electron chi connectivity index (χ1n) is 14.2. The van der Waals surface area contributed by atoms with E-state index < -0.39 is 24.5 Å². The third-order valence-electron chi connectivity index (χ3n) is 7.63. The van der Waals surface area contributed by atoms with E-state index in [0.717, 1.165) is 70.9 Å². The van der Waals surface area contributed by atoms with E-state index in [4.69, 9.17) is 20.6 Å². The molecule has 2 aliphatic heterocycles. The first-order chi connectivity index (χ1) is 18.3. The van der Waals surface area contributed by atoms with Crippen LogP contribution in [0.25, 0.3) is 0 Å². The first kappa shape index (κ1) is 29.8. The van der Waals surface area contributed by atoms with Crippen molar-refractivity contribution in [3.8, 4) is 12.3 Å². The Balaban J connectivity index is 1.37. The zero-order valence-corrected chi connectivity index (χ0v) is 22.6. The van der Waals surface area contributed by atoms with Crippen LogP contribution in [-0.2, 0) is 28.6 Å². The average molecular weight is 534 g/mol. The molecule has 2 heterocycles. The largest absolute Gasteiger partial charge is 0.511 e. The minimum absolute atomic E-state index is 0.0918. The van der Waals surface area contributed by atoms with Gasteiger partial charge in [0, 0.05) is 26.4 Å². The number of carbonyl (C=O) groups excluding carboxylic acids is 4. The summed E-state index contributed by atoms with van der Waals surface area (Å²) in [6.07, 6.45) is 12.9. The lowest BCUT2D eigenvalue weighted by molar-refractivity contribution is -0.169. The number of hydrogen-bond donors (Lipinski definition) is 2. The Morgan fingerprint density at radius 3 is 2.47 bits per heavy atom. The molecule has 10 heteroatoms. The highest BCUT2D eigenvalue weighted by Crippen LogP contribution is 2.22. The molecule has 0 bridgehead atoms. The Labute approximate surface area is 225 Å². The van der Waals surface area contributed by atoms with Crippen molar-refractivity contribution in [1.82, 2.24) is 15.5 Å². The molecule has 2 N–H and O–H groups in total. The molecule has 3 atom stereocenters. The van der Waals surface area contributed by atoms with E-state index in [2.05, 4.69) is 16.6 Å². The highest BCUT2D eigenvalue weighted by atomic mass is 16.8. The van der Waals surface area contributed by atoms with Crippen molar-refractivity contribution in [2.45, 2.75) is 102 Å². The highest BCUT2D eigenvalue weighted by molar-refractivity contribution is 5.82. The number of amides is 2. The van der Waals surface area contributed by atoms with Gasteiger partial charge in [-0.3, -0.25) is 14.4 Å². The van der Waals surface area contributed by atoms with E-state index in [1.165, 1.54) is 6.92 Å². The number of nitrogens with zero attached hydrogens (tertiary/aromatic N) is 1. The number of terminal acetylenes is 1. The summed E-state index contributed by atoms with van der Waals surface area (Å²) in [5.74, 6) is 1.72. The number of rotatable bonds is 10. The smallest absolute Gasteiger partial charge is 0.431 e. The molecule has 3 aliphatic rings. The number of likely N-dealkylation sites (tertiary alicyclic amines) is 1. The van der Waals surface area contributed by atoms with E-state index in [-0.39, 0.29) is 30.3 Å². The molecule has 3 rings (SSSR count). The van der Waals surface area contributed by atoms with Crippen molar-refractivity contribution < 1.29 is 33.4 Å². The second kappa shape index (κ2) is 15.6. The van der Waals surface area contributed by atoms with Crippen LogP contribution in [0.2, 0.25) is 0 Å². The number of carbonyl (C=O) groups is 4. The molecule has 1 aliphatic carbocycles. The van der Waals surface area contributed by atoms with Crippen molar-refractivity contribution >= 4 is 23.9 Å². The highest BCUT2D eigenvalue weighted by Gasteiger charge is 2.30. The lowest BCUT2D eigenvalue weighted by Crippen LogP contribution is -2.48. The van der Waals surface area contributed by atoms with Gasteiger partial charge in [-0.05, 0) is 76.8 Å². The summed E-state index contributed by atoms with van der Waals surface area (Å²) < 4.78 is 15.4. The average Bonchev–Trinajstić information content (AvgIpc) is 2.92. The monoisotopic (exact) mass is 533 g/mol. The van der Waals surface area contributed by atoms with Crippen molar-refractivity contribution in [1.29, 1.82) is 0 Å². The third kappa shape index (κ3) is 10.2. The van der Waals surface area contributed by atoms with Crippen LogP contribution < -0.4 is 10.6 Å². The summed E-state index contributed by atoms with van der Waals surface area (Å²) in [5.41, 5.74) is 0. The predicted molar refractivity (Wildman–Crippen MR) is 140 cm³/mol. The molecular weight excluding hydrogens is 490 g/mol. The van der Waals surface area contributed by atoms with Gasteiger partial charge in [0.05, 0.1) is 12.3 Å². The summed E-state index contributed by atoms with van der Waals surface area (Å²) in [7, 11) is 0. The SMILES string of the molecule is C#C[C@H](CC(=O)OC(C)OC(=O)OC1CCCCC1)NC(=O)[C@@H]1CCCN(C(=O)CCC2CCNCC2)C1. The van der Waals surface area contributed by atoms with Crippen LogP contribution in [0.3, 0.4) is 0 Å². The third-order valence-corrected chi connectivity index (χ3v) is 7.63. The van der Waals surface area contributed by atoms with Gasteiger partial charge < -0.3 is 29.7 Å². The van der Waals surface area contributed by atoms with Gasteiger partial charge in [-0.25, -0.2) is 4.79 Å². The Bertz CT molecular complexity index is 846. The van der Waals surface area contributed by atoms with Gasteiger partial charge in [-0.2, -0.15) is 0 Å². The molecule has 212 valence electrons. The topological polar surface area (TPSA) is 123 Å². The fourth-order valence-electron chi connectivity index (χ4n) is 5.42. The normalized spacial score (nSPS) is 22.4. The molecule has 1 unspecified atom stereocenters. The van der Waals surface area contributed by atoms with Crippen LogP contribution in [0.5, 0.6) is 0 Å². The number of nitrogens with one attached hydrogen (secondary N) is 2. The summed E-state index contributed by atoms with van der Waals surface area (Å²) in [5, 5.41) is 6.06. The van der Waals surface area contributed by atoms with Crippen LogP contribution >= 0.6 is 0 Å². The second-order valence-electron chi connectivity index (χ2n) is 10.6. The Morgan fingerprint density at radius 1 is 1.03 bits per heavy atom. The molecule has 38 heavy (non-hydrogen) atoms. The molecule has 0 aromatic carbocycles. The lowest BCUT2D eigenvalue weighted by Gasteiger charge is -2.33. The molecule has 0 aromatic heterocycles. The van der Waals surface area contributed by atoms with Gasteiger partial charge in [0.2, 0.25) is 18.1 Å². The molecule has 3 fully saturated rings. The van der Waals surface area contributed by atoms with Crippen molar-refractivity contribution in [3.05, 3.63) is 0 Å². The van der Waals surface area contributed by atoms with Gasteiger partial charge in [0.15, 0.2) is 0 Å². The van der Waals surface area contributed by atoms with Crippen LogP contribution in [0.4, 0.5) is 4.79 Å². The molecule has 1 saturated carbocycles. The number of ether oxygens (including phenoxy) is 3. The Morgan fingerprint density at radius 2 is 1.76 bits per heavy atom. The summed E-state index contributed by atoms with van der Waals surface area (Å²) in [6.45, 7) is 4.44. The molecule has 10 nitrogen and oxygen atoms in total. The standard InChI is InChI=1S/C28H43N3O7/c1-3-23(18-26(33)36-20(2)37-28(35)38-24-9-5-4-6-10-24)30-27(34)22-8-7-17-31(19-22)25(32)12-11-21-13-15-29-16-14-21/h1,20-24,29H,4-19H2,2H3,(H,30,34)/t20?,22-,23-/m1/s1. The molecule has 2 amide bonds. The zero-order chi connectivity index (χ0) is 27.3. The lowest BCUT2D eigenvalue weighted by atomic mass is 9.92. The minimum atomic E-state index is -1.14. The van der Waals surface area contributed by atoms with E-state index in [0.29, 0.717) is 31.8 Å². The van der Waals surface area contributed by atoms with Gasteiger partial charge in [-0.1, -0.05) is 12.3 Å². The molecule has 0 aromatic rings. The number of esters is 1. The fraction of sp³-hybridized carbons (Fsp3) is 0.786. The van der Waals surface area contributed by atoms with Crippen LogP contribution in [0.15, 0.2) is 0 Å². The maximum atomic E-state index is 12.9. The molecule has 0 spiro atoms. The maximum Gasteiger partial charge on any atom is 0.511 e. The molecule has 2 saturated heterocycles. The summed E-state index contributed by atoms with van der Waals surface area (Å²) in [4.78, 5) is 51.7. The predicted octanol–water partition coefficient (Wildman–Crippen LogP) is 2.89. The van der Waals surface area contributed by atoms with E-state index in [1.54, 1.807) is 4.90 Å². The Kier molecular flexibility index (Phi) is 12.2. The number of hydrogen-bond acceptors (Lipinski definition) is 8.